The zero-order chi connectivity index (χ0) is 11.3. The van der Waals surface area contributed by atoms with Crippen LogP contribution in [0, 0.1) is 5.92 Å². The smallest absolute Gasteiger partial charge is 0.113 e. The van der Waals surface area contributed by atoms with Crippen molar-refractivity contribution in [3.63, 3.8) is 0 Å². The molecule has 2 heteroatoms. The van der Waals surface area contributed by atoms with E-state index in [0.29, 0.717) is 11.6 Å². The highest BCUT2D eigenvalue weighted by molar-refractivity contribution is 5.73. The maximum atomic E-state index is 9.26. The van der Waals surface area contributed by atoms with Crippen molar-refractivity contribution in [3.05, 3.63) is 49.2 Å². The maximum absolute atomic E-state index is 9.26. The Bertz CT molecular complexity index is 321. The van der Waals surface area contributed by atoms with Crippen LogP contribution in [0.4, 0.5) is 0 Å². The molecule has 0 saturated heterocycles. The molecule has 1 fully saturated rings. The summed E-state index contributed by atoms with van der Waals surface area (Å²) < 4.78 is 0. The Morgan fingerprint density at radius 1 is 1.40 bits per heavy atom. The molecule has 0 heterocycles. The first-order valence-electron chi connectivity index (χ1n) is 5.04. The molecule has 1 saturated carbocycles. The van der Waals surface area contributed by atoms with Crippen molar-refractivity contribution in [2.24, 2.45) is 10.9 Å². The fraction of sp³-hybridized carbons (Fsp3) is 0.308. The SMILES string of the molecule is C=CC(O)C(=C)N=C/C=C\C(=C)C1CC1. The summed E-state index contributed by atoms with van der Waals surface area (Å²) in [6, 6.07) is 0. The van der Waals surface area contributed by atoms with Gasteiger partial charge in [-0.1, -0.05) is 30.9 Å². The standard InChI is InChI=1S/C13H17NO/c1-4-13(15)11(3)14-9-5-6-10(2)12-7-8-12/h4-6,9,12-13,15H,1-3,7-8H2/b6-5-,14-9?. The molecule has 1 aliphatic rings. The molecule has 1 rings (SSSR count). The van der Waals surface area contributed by atoms with Gasteiger partial charge < -0.3 is 5.11 Å². The second kappa shape index (κ2) is 5.47. The molecular formula is C13H17NO. The number of hydrogen-bond acceptors (Lipinski definition) is 2. The van der Waals surface area contributed by atoms with Crippen LogP contribution in [-0.2, 0) is 0 Å². The highest BCUT2D eigenvalue weighted by Crippen LogP contribution is 2.35. The largest absolute Gasteiger partial charge is 0.383 e. The van der Waals surface area contributed by atoms with Crippen LogP contribution >= 0.6 is 0 Å². The molecule has 1 aliphatic carbocycles. The van der Waals surface area contributed by atoms with Crippen LogP contribution in [0.2, 0.25) is 0 Å². The Labute approximate surface area is 91.0 Å². The fourth-order valence-electron chi connectivity index (χ4n) is 1.11. The third-order valence-corrected chi connectivity index (χ3v) is 2.30. The molecule has 80 valence electrons. The number of nitrogens with zero attached hydrogens (tertiary/aromatic N) is 1. The van der Waals surface area contributed by atoms with Gasteiger partial charge >= 0.3 is 0 Å². The van der Waals surface area contributed by atoms with Crippen LogP contribution in [0.3, 0.4) is 0 Å². The average Bonchev–Trinajstić information content (AvgIpc) is 3.06. The average molecular weight is 203 g/mol. The molecule has 0 aliphatic heterocycles. The first-order valence-corrected chi connectivity index (χ1v) is 5.04. The lowest BCUT2D eigenvalue weighted by molar-refractivity contribution is 0.259. The third kappa shape index (κ3) is 4.09. The van der Waals surface area contributed by atoms with E-state index >= 15 is 0 Å². The van der Waals surface area contributed by atoms with Gasteiger partial charge in [-0.2, -0.15) is 0 Å². The van der Waals surface area contributed by atoms with Crippen LogP contribution in [0.15, 0.2) is 54.2 Å². The van der Waals surface area contributed by atoms with Gasteiger partial charge in [0.05, 0.1) is 5.70 Å². The van der Waals surface area contributed by atoms with E-state index in [1.54, 1.807) is 6.21 Å². The van der Waals surface area contributed by atoms with Gasteiger partial charge in [0.25, 0.3) is 0 Å². The second-order valence-electron chi connectivity index (χ2n) is 3.66. The van der Waals surface area contributed by atoms with Gasteiger partial charge in [0, 0.05) is 6.21 Å². The molecule has 0 aromatic carbocycles. The zero-order valence-corrected chi connectivity index (χ0v) is 8.89. The highest BCUT2D eigenvalue weighted by atomic mass is 16.3. The molecule has 0 aromatic heterocycles. The van der Waals surface area contributed by atoms with Crippen molar-refractivity contribution in [2.75, 3.05) is 0 Å². The van der Waals surface area contributed by atoms with Crippen molar-refractivity contribution in [2.45, 2.75) is 18.9 Å². The van der Waals surface area contributed by atoms with Gasteiger partial charge in [0.2, 0.25) is 0 Å². The van der Waals surface area contributed by atoms with E-state index in [-0.39, 0.29) is 0 Å². The summed E-state index contributed by atoms with van der Waals surface area (Å²) in [5.41, 5.74) is 1.54. The summed E-state index contributed by atoms with van der Waals surface area (Å²) in [4.78, 5) is 3.98. The van der Waals surface area contributed by atoms with Gasteiger partial charge in [-0.15, -0.1) is 6.58 Å². The monoisotopic (exact) mass is 203 g/mol. The van der Waals surface area contributed by atoms with E-state index in [2.05, 4.69) is 24.7 Å². The molecule has 0 amide bonds. The first-order chi connectivity index (χ1) is 7.15. The predicted octanol–water partition coefficient (Wildman–Crippen LogP) is 2.64. The highest BCUT2D eigenvalue weighted by Gasteiger charge is 2.22. The lowest BCUT2D eigenvalue weighted by Gasteiger charge is -2.01. The molecule has 2 nitrogen and oxygen atoms in total. The molecule has 1 N–H and O–H groups in total. The lowest BCUT2D eigenvalue weighted by atomic mass is 10.2. The topological polar surface area (TPSA) is 32.6 Å². The minimum Gasteiger partial charge on any atom is -0.383 e. The number of aliphatic imine (C=N–C) groups is 1. The fourth-order valence-corrected chi connectivity index (χ4v) is 1.11. The van der Waals surface area contributed by atoms with Gasteiger partial charge in [0.15, 0.2) is 0 Å². The first kappa shape index (κ1) is 11.7. The summed E-state index contributed by atoms with van der Waals surface area (Å²) in [6.07, 6.45) is 8.52. The summed E-state index contributed by atoms with van der Waals surface area (Å²) in [6.45, 7) is 11.0. The molecular weight excluding hydrogens is 186 g/mol. The molecule has 0 bridgehead atoms. The molecule has 15 heavy (non-hydrogen) atoms. The normalized spacial score (nSPS) is 18.2. The predicted molar refractivity (Wildman–Crippen MR) is 64.8 cm³/mol. The van der Waals surface area contributed by atoms with Crippen LogP contribution in [0.1, 0.15) is 12.8 Å². The van der Waals surface area contributed by atoms with Gasteiger partial charge in [-0.3, -0.25) is 4.99 Å². The third-order valence-electron chi connectivity index (χ3n) is 2.30. The van der Waals surface area contributed by atoms with Crippen molar-refractivity contribution >= 4 is 6.21 Å². The van der Waals surface area contributed by atoms with Crippen molar-refractivity contribution in [3.8, 4) is 0 Å². The number of hydrogen-bond donors (Lipinski definition) is 1. The minimum absolute atomic E-state index is 0.395. The number of rotatable bonds is 6. The van der Waals surface area contributed by atoms with Crippen molar-refractivity contribution in [1.82, 2.24) is 0 Å². The second-order valence-corrected chi connectivity index (χ2v) is 3.66. The number of aliphatic hydroxyl groups is 1. The van der Waals surface area contributed by atoms with Gasteiger partial charge in [-0.25, -0.2) is 0 Å². The van der Waals surface area contributed by atoms with E-state index in [0.717, 1.165) is 5.57 Å². The van der Waals surface area contributed by atoms with Crippen molar-refractivity contribution < 1.29 is 5.11 Å². The molecule has 0 radical (unpaired) electrons. The maximum Gasteiger partial charge on any atom is 0.113 e. The van der Waals surface area contributed by atoms with Gasteiger partial charge in [0.1, 0.15) is 6.10 Å². The summed E-state index contributed by atoms with van der Waals surface area (Å²) in [5.74, 6) is 0.677. The minimum atomic E-state index is -0.763. The Morgan fingerprint density at radius 3 is 2.60 bits per heavy atom. The Balaban J connectivity index is 2.34. The molecule has 1 atom stereocenters. The van der Waals surface area contributed by atoms with Crippen LogP contribution < -0.4 is 0 Å². The van der Waals surface area contributed by atoms with E-state index in [9.17, 15) is 5.11 Å². The van der Waals surface area contributed by atoms with E-state index in [1.165, 1.54) is 18.9 Å². The summed E-state index contributed by atoms with van der Waals surface area (Å²) in [7, 11) is 0. The van der Waals surface area contributed by atoms with Crippen LogP contribution in [0.25, 0.3) is 0 Å². The lowest BCUT2D eigenvalue weighted by Crippen LogP contribution is -2.02. The molecule has 0 aromatic rings. The molecule has 0 spiro atoms. The van der Waals surface area contributed by atoms with Crippen LogP contribution in [-0.4, -0.2) is 17.4 Å². The Morgan fingerprint density at radius 2 is 2.07 bits per heavy atom. The van der Waals surface area contributed by atoms with Crippen molar-refractivity contribution in [1.29, 1.82) is 0 Å². The van der Waals surface area contributed by atoms with E-state index < -0.39 is 6.10 Å². The number of allylic oxidation sites excluding steroid dienone is 3. The number of aliphatic hydroxyl groups excluding tert-OH is 1. The Hall–Kier alpha value is -1.41. The molecule has 1 unspecified atom stereocenters. The quantitative estimate of drug-likeness (QED) is 0.402. The van der Waals surface area contributed by atoms with Gasteiger partial charge in [-0.05, 0) is 24.8 Å². The summed E-state index contributed by atoms with van der Waals surface area (Å²) >= 11 is 0. The zero-order valence-electron chi connectivity index (χ0n) is 8.89. The Kier molecular flexibility index (Phi) is 4.25. The van der Waals surface area contributed by atoms with Crippen LogP contribution in [0.5, 0.6) is 0 Å². The van der Waals surface area contributed by atoms with E-state index in [1.807, 2.05) is 12.2 Å². The summed E-state index contributed by atoms with van der Waals surface area (Å²) in [5, 5.41) is 9.26. The van der Waals surface area contributed by atoms with E-state index in [4.69, 9.17) is 0 Å².